The van der Waals surface area contributed by atoms with E-state index in [-0.39, 0.29) is 28.9 Å². The fraction of sp³-hybridized carbons (Fsp3) is 0.148. The molecule has 0 radical (unpaired) electrons. The zero-order valence-electron chi connectivity index (χ0n) is 17.8. The lowest BCUT2D eigenvalue weighted by atomic mass is 9.72. The number of pyridine rings is 1. The summed E-state index contributed by atoms with van der Waals surface area (Å²) < 4.78 is 13.6. The number of benzene rings is 2. The van der Waals surface area contributed by atoms with Crippen molar-refractivity contribution in [2.75, 3.05) is 4.90 Å². The number of nitrogens with two attached hydrogens (primary N) is 1. The van der Waals surface area contributed by atoms with Crippen molar-refractivity contribution in [1.82, 2.24) is 4.98 Å². The van der Waals surface area contributed by atoms with Gasteiger partial charge < -0.3 is 5.73 Å². The maximum absolute atomic E-state index is 13.7. The zero-order valence-corrected chi connectivity index (χ0v) is 17.8. The number of carbonyl (C=O) groups is 1. The van der Waals surface area contributed by atoms with Crippen LogP contribution in [0.3, 0.4) is 0 Å². The Morgan fingerprint density at radius 3 is 2.42 bits per heavy atom. The zero-order chi connectivity index (χ0) is 22.9. The molecule has 0 saturated heterocycles. The smallest absolute Gasteiger partial charge is 0.162 e. The number of hydrogen-bond donors (Lipinski definition) is 1. The molecule has 0 fully saturated rings. The molecule has 2 aliphatic rings. The number of halogens is 1. The van der Waals surface area contributed by atoms with E-state index in [9.17, 15) is 14.4 Å². The number of carbonyl (C=O) groups excluding carboxylic acids is 1. The molecule has 2 atom stereocenters. The number of hydrogen-bond acceptors (Lipinski definition) is 5. The van der Waals surface area contributed by atoms with E-state index in [0.29, 0.717) is 29.7 Å². The van der Waals surface area contributed by atoms with Crippen LogP contribution in [0.15, 0.2) is 102 Å². The first kappa shape index (κ1) is 20.7. The molecule has 5 nitrogen and oxygen atoms in total. The van der Waals surface area contributed by atoms with Gasteiger partial charge in [-0.05, 0) is 47.7 Å². The molecule has 3 aromatic rings. The molecule has 0 bridgehead atoms. The third kappa shape index (κ3) is 3.58. The van der Waals surface area contributed by atoms with Crippen LogP contribution in [-0.2, 0) is 4.79 Å². The Balaban J connectivity index is 1.72. The molecule has 6 heteroatoms. The molecule has 1 aliphatic carbocycles. The molecule has 2 aromatic carbocycles. The quantitative estimate of drug-likeness (QED) is 0.630. The van der Waals surface area contributed by atoms with E-state index in [1.807, 2.05) is 36.4 Å². The highest BCUT2D eigenvalue weighted by Gasteiger charge is 2.42. The minimum atomic E-state index is -0.636. The maximum atomic E-state index is 13.7. The molecule has 0 amide bonds. The first-order chi connectivity index (χ1) is 16.1. The molecule has 2 N–H and O–H groups in total. The van der Waals surface area contributed by atoms with E-state index in [1.165, 1.54) is 12.1 Å². The summed E-state index contributed by atoms with van der Waals surface area (Å²) in [5.74, 6) is -0.798. The Morgan fingerprint density at radius 1 is 1.00 bits per heavy atom. The van der Waals surface area contributed by atoms with Crippen molar-refractivity contribution in [3.63, 3.8) is 0 Å². The summed E-state index contributed by atoms with van der Waals surface area (Å²) >= 11 is 0. The van der Waals surface area contributed by atoms with Gasteiger partial charge in [0, 0.05) is 23.9 Å². The molecule has 2 heterocycles. The number of ketones is 1. The van der Waals surface area contributed by atoms with Crippen molar-refractivity contribution in [1.29, 1.82) is 5.26 Å². The number of nitriles is 1. The van der Waals surface area contributed by atoms with Crippen molar-refractivity contribution in [3.05, 3.63) is 119 Å². The van der Waals surface area contributed by atoms with Gasteiger partial charge in [0.1, 0.15) is 11.6 Å². The van der Waals surface area contributed by atoms with Crippen LogP contribution in [0.4, 0.5) is 10.1 Å². The van der Waals surface area contributed by atoms with Gasteiger partial charge in [-0.15, -0.1) is 0 Å². The summed E-state index contributed by atoms with van der Waals surface area (Å²) in [6.45, 7) is 0. The van der Waals surface area contributed by atoms with Gasteiger partial charge in [0.15, 0.2) is 5.78 Å². The number of Topliss-reactive ketones (excluding diaryl/α,β-unsaturated/α-hetero) is 1. The molecule has 0 saturated carbocycles. The lowest BCUT2D eigenvalue weighted by molar-refractivity contribution is -0.116. The number of aromatic nitrogens is 1. The van der Waals surface area contributed by atoms with Gasteiger partial charge in [-0.2, -0.15) is 5.26 Å². The van der Waals surface area contributed by atoms with Crippen molar-refractivity contribution in [2.45, 2.75) is 24.7 Å². The van der Waals surface area contributed by atoms with Gasteiger partial charge >= 0.3 is 0 Å². The van der Waals surface area contributed by atoms with E-state index in [0.717, 1.165) is 11.3 Å². The topological polar surface area (TPSA) is 83.0 Å². The fourth-order valence-corrected chi connectivity index (χ4v) is 4.86. The van der Waals surface area contributed by atoms with Gasteiger partial charge in [0.05, 0.1) is 29.4 Å². The lowest BCUT2D eigenvalue weighted by Gasteiger charge is -2.41. The molecule has 0 spiro atoms. The summed E-state index contributed by atoms with van der Waals surface area (Å²) in [7, 11) is 0. The van der Waals surface area contributed by atoms with E-state index in [1.54, 1.807) is 35.5 Å². The SMILES string of the molecule is N#CC1=C(N)N(c2cccnc2)C2=C(C(=O)C[C@H](c3ccccc3)C2)[C@H]1c1ccc(F)cc1. The molecule has 0 unspecified atom stereocenters. The maximum Gasteiger partial charge on any atom is 0.162 e. The van der Waals surface area contributed by atoms with Crippen LogP contribution in [0.5, 0.6) is 0 Å². The Bertz CT molecular complexity index is 1310. The Kier molecular flexibility index (Phi) is 5.23. The normalized spacial score (nSPS) is 20.5. The Morgan fingerprint density at radius 2 is 1.76 bits per heavy atom. The van der Waals surface area contributed by atoms with E-state index in [2.05, 4.69) is 11.1 Å². The number of anilines is 1. The van der Waals surface area contributed by atoms with Crippen LogP contribution in [0, 0.1) is 17.1 Å². The predicted octanol–water partition coefficient (Wildman–Crippen LogP) is 4.92. The highest BCUT2D eigenvalue weighted by atomic mass is 19.1. The molecule has 5 rings (SSSR count). The average molecular weight is 436 g/mol. The average Bonchev–Trinajstić information content (AvgIpc) is 2.85. The molecule has 1 aromatic heterocycles. The summed E-state index contributed by atoms with van der Waals surface area (Å²) in [5, 5.41) is 10.1. The molecular formula is C27H21FN4O. The second kappa shape index (κ2) is 8.36. The minimum Gasteiger partial charge on any atom is -0.384 e. The van der Waals surface area contributed by atoms with Crippen LogP contribution >= 0.6 is 0 Å². The third-order valence-corrected chi connectivity index (χ3v) is 6.35. The molecular weight excluding hydrogens is 415 g/mol. The number of nitrogens with zero attached hydrogens (tertiary/aromatic N) is 3. The minimum absolute atomic E-state index is 0.0121. The standard InChI is InChI=1S/C27H21FN4O/c28-20-10-8-18(9-11-20)25-22(15-29)27(30)32(21-7-4-12-31-16-21)23-13-19(14-24(33)26(23)25)17-5-2-1-3-6-17/h1-12,16,19,25H,13-14,30H2/t19-,25+/m1/s1. The van der Waals surface area contributed by atoms with Crippen molar-refractivity contribution < 1.29 is 9.18 Å². The second-order valence-electron chi connectivity index (χ2n) is 8.24. The fourth-order valence-electron chi connectivity index (χ4n) is 4.86. The number of allylic oxidation sites excluding steroid dienone is 3. The lowest BCUT2D eigenvalue weighted by Crippen LogP contribution is -2.40. The monoisotopic (exact) mass is 436 g/mol. The van der Waals surface area contributed by atoms with Crippen LogP contribution in [0.2, 0.25) is 0 Å². The van der Waals surface area contributed by atoms with Crippen LogP contribution in [0.1, 0.15) is 35.8 Å². The number of rotatable bonds is 3. The molecule has 33 heavy (non-hydrogen) atoms. The summed E-state index contributed by atoms with van der Waals surface area (Å²) in [5.41, 5.74) is 10.6. The Hall–Kier alpha value is -4.24. The molecule has 1 aliphatic heterocycles. The van der Waals surface area contributed by atoms with Gasteiger partial charge in [-0.1, -0.05) is 42.5 Å². The van der Waals surface area contributed by atoms with Crippen molar-refractivity contribution in [2.24, 2.45) is 5.73 Å². The van der Waals surface area contributed by atoms with E-state index >= 15 is 0 Å². The van der Waals surface area contributed by atoms with Crippen LogP contribution < -0.4 is 10.6 Å². The Labute approximate surface area is 191 Å². The van der Waals surface area contributed by atoms with Gasteiger partial charge in [-0.25, -0.2) is 4.39 Å². The van der Waals surface area contributed by atoms with Gasteiger partial charge in [0.2, 0.25) is 0 Å². The summed E-state index contributed by atoms with van der Waals surface area (Å²) in [6, 6.07) is 21.7. The first-order valence-electron chi connectivity index (χ1n) is 10.7. The summed E-state index contributed by atoms with van der Waals surface area (Å²) in [6.07, 6.45) is 4.24. The highest BCUT2D eigenvalue weighted by molar-refractivity contribution is 6.01. The highest BCUT2D eigenvalue weighted by Crippen LogP contribution is 2.48. The first-order valence-corrected chi connectivity index (χ1v) is 10.7. The van der Waals surface area contributed by atoms with Crippen LogP contribution in [0.25, 0.3) is 0 Å². The predicted molar refractivity (Wildman–Crippen MR) is 123 cm³/mol. The second-order valence-corrected chi connectivity index (χ2v) is 8.24. The third-order valence-electron chi connectivity index (χ3n) is 6.35. The van der Waals surface area contributed by atoms with E-state index < -0.39 is 5.92 Å². The van der Waals surface area contributed by atoms with Crippen LogP contribution in [-0.4, -0.2) is 10.8 Å². The van der Waals surface area contributed by atoms with Gasteiger partial charge in [-0.3, -0.25) is 14.7 Å². The van der Waals surface area contributed by atoms with E-state index in [4.69, 9.17) is 5.73 Å². The largest absolute Gasteiger partial charge is 0.384 e. The summed E-state index contributed by atoms with van der Waals surface area (Å²) in [4.78, 5) is 19.7. The van der Waals surface area contributed by atoms with Gasteiger partial charge in [0.25, 0.3) is 0 Å². The van der Waals surface area contributed by atoms with Crippen molar-refractivity contribution in [3.8, 4) is 6.07 Å². The molecule has 162 valence electrons. The van der Waals surface area contributed by atoms with Crippen molar-refractivity contribution >= 4 is 11.5 Å².